The zero-order chi connectivity index (χ0) is 16.4. The van der Waals surface area contributed by atoms with Crippen molar-refractivity contribution in [2.75, 3.05) is 13.1 Å². The van der Waals surface area contributed by atoms with E-state index < -0.39 is 6.10 Å². The van der Waals surface area contributed by atoms with E-state index in [1.54, 1.807) is 11.3 Å². The zero-order valence-corrected chi connectivity index (χ0v) is 14.1. The van der Waals surface area contributed by atoms with Gasteiger partial charge in [0.2, 0.25) is 5.82 Å². The third-order valence-corrected chi connectivity index (χ3v) is 4.97. The summed E-state index contributed by atoms with van der Waals surface area (Å²) in [4.78, 5) is 3.76. The molecule has 0 amide bonds. The molecule has 0 unspecified atom stereocenters. The predicted molar refractivity (Wildman–Crippen MR) is 92.6 cm³/mol. The van der Waals surface area contributed by atoms with E-state index >= 15 is 0 Å². The van der Waals surface area contributed by atoms with Crippen LogP contribution in [0.25, 0.3) is 11.4 Å². The van der Waals surface area contributed by atoms with Crippen molar-refractivity contribution in [3.8, 4) is 11.4 Å². The Balaban J connectivity index is 1.35. The molecule has 24 heavy (non-hydrogen) atoms. The molecule has 124 valence electrons. The molecule has 0 radical (unpaired) electrons. The molecule has 2 aromatic heterocycles. The molecular formula is C17H19N5OS. The van der Waals surface area contributed by atoms with Gasteiger partial charge in [0.25, 0.3) is 0 Å². The number of benzene rings is 1. The lowest BCUT2D eigenvalue weighted by molar-refractivity contribution is 0.0849. The third-order valence-electron chi connectivity index (χ3n) is 4.28. The highest BCUT2D eigenvalue weighted by molar-refractivity contribution is 7.08. The maximum absolute atomic E-state index is 10.4. The Hall–Kier alpha value is -2.09. The molecule has 1 aliphatic heterocycles. The summed E-state index contributed by atoms with van der Waals surface area (Å²) in [6, 6.07) is 10.5. The Morgan fingerprint density at radius 1 is 1.17 bits per heavy atom. The van der Waals surface area contributed by atoms with Crippen molar-refractivity contribution in [3.63, 3.8) is 0 Å². The van der Waals surface area contributed by atoms with Crippen LogP contribution in [0.3, 0.4) is 0 Å². The van der Waals surface area contributed by atoms with Crippen LogP contribution in [0, 0.1) is 0 Å². The van der Waals surface area contributed by atoms with Crippen molar-refractivity contribution in [3.05, 3.63) is 52.2 Å². The second-order valence-electron chi connectivity index (χ2n) is 6.09. The summed E-state index contributed by atoms with van der Waals surface area (Å²) < 4.78 is 0. The van der Waals surface area contributed by atoms with Crippen LogP contribution >= 0.6 is 11.3 Å². The van der Waals surface area contributed by atoms with Gasteiger partial charge in [-0.1, -0.05) is 24.3 Å². The monoisotopic (exact) mass is 341 g/mol. The largest absolute Gasteiger partial charge is 0.390 e. The predicted octanol–water partition coefficient (Wildman–Crippen LogP) is 1.82. The van der Waals surface area contributed by atoms with Crippen LogP contribution in [-0.4, -0.2) is 49.4 Å². The van der Waals surface area contributed by atoms with Crippen LogP contribution in [0.4, 0.5) is 0 Å². The number of tetrazole rings is 1. The number of hydrogen-bond donors (Lipinski definition) is 1. The molecular weight excluding hydrogens is 322 g/mol. The minimum absolute atomic E-state index is 0.356. The molecule has 0 saturated heterocycles. The van der Waals surface area contributed by atoms with E-state index in [-0.39, 0.29) is 0 Å². The van der Waals surface area contributed by atoms with Gasteiger partial charge in [0.1, 0.15) is 0 Å². The molecule has 6 nitrogen and oxygen atoms in total. The van der Waals surface area contributed by atoms with Gasteiger partial charge in [-0.2, -0.15) is 16.1 Å². The number of thiophene rings is 1. The van der Waals surface area contributed by atoms with E-state index in [0.717, 1.165) is 25.1 Å². The summed E-state index contributed by atoms with van der Waals surface area (Å²) in [5, 5.41) is 26.8. The van der Waals surface area contributed by atoms with Gasteiger partial charge < -0.3 is 5.11 Å². The van der Waals surface area contributed by atoms with Gasteiger partial charge in [0.05, 0.1) is 12.6 Å². The number of aliphatic hydroxyl groups is 1. The summed E-state index contributed by atoms with van der Waals surface area (Å²) in [7, 11) is 0. The Morgan fingerprint density at radius 2 is 2.04 bits per heavy atom. The highest BCUT2D eigenvalue weighted by Gasteiger charge is 2.19. The second kappa shape index (κ2) is 6.80. The number of aromatic nitrogens is 4. The fraction of sp³-hybridized carbons (Fsp3) is 0.353. The fourth-order valence-electron chi connectivity index (χ4n) is 3.08. The van der Waals surface area contributed by atoms with Gasteiger partial charge in [0, 0.05) is 30.6 Å². The lowest BCUT2D eigenvalue weighted by Crippen LogP contribution is -2.38. The van der Waals surface area contributed by atoms with E-state index in [1.807, 2.05) is 16.8 Å². The highest BCUT2D eigenvalue weighted by atomic mass is 32.1. The number of nitrogens with zero attached hydrogens (tertiary/aromatic N) is 5. The normalized spacial score (nSPS) is 16.0. The van der Waals surface area contributed by atoms with Gasteiger partial charge in [0.15, 0.2) is 0 Å². The van der Waals surface area contributed by atoms with E-state index in [2.05, 4.69) is 44.6 Å². The quantitative estimate of drug-likeness (QED) is 0.767. The summed E-state index contributed by atoms with van der Waals surface area (Å²) in [5.74, 6) is 0.607. The minimum atomic E-state index is -0.514. The summed E-state index contributed by atoms with van der Waals surface area (Å²) in [6.07, 6.45) is 0.520. The molecule has 1 aromatic carbocycles. The van der Waals surface area contributed by atoms with Crippen molar-refractivity contribution in [2.45, 2.75) is 25.6 Å². The second-order valence-corrected chi connectivity index (χ2v) is 6.87. The molecule has 3 heterocycles. The molecule has 3 aromatic rings. The van der Waals surface area contributed by atoms with Crippen LogP contribution in [0.2, 0.25) is 0 Å². The van der Waals surface area contributed by atoms with Crippen molar-refractivity contribution < 1.29 is 5.11 Å². The molecule has 0 aliphatic carbocycles. The first-order valence-electron chi connectivity index (χ1n) is 8.05. The van der Waals surface area contributed by atoms with Gasteiger partial charge in [-0.15, -0.1) is 10.2 Å². The first kappa shape index (κ1) is 15.4. The summed E-state index contributed by atoms with van der Waals surface area (Å²) in [6.45, 7) is 2.83. The van der Waals surface area contributed by atoms with Crippen LogP contribution in [0.5, 0.6) is 0 Å². The van der Waals surface area contributed by atoms with Gasteiger partial charge in [-0.05, 0) is 34.2 Å². The zero-order valence-electron chi connectivity index (χ0n) is 13.2. The van der Waals surface area contributed by atoms with Crippen LogP contribution < -0.4 is 0 Å². The fourth-order valence-corrected chi connectivity index (χ4v) is 3.72. The number of β-amino-alcohol motifs (C(OH)–C–C–N with tert-alkyl or cyclic N) is 1. The van der Waals surface area contributed by atoms with Crippen molar-refractivity contribution in [1.82, 2.24) is 25.1 Å². The van der Waals surface area contributed by atoms with Crippen molar-refractivity contribution in [1.29, 1.82) is 0 Å². The first-order chi connectivity index (χ1) is 11.8. The lowest BCUT2D eigenvalue weighted by atomic mass is 10.00. The van der Waals surface area contributed by atoms with Gasteiger partial charge >= 0.3 is 0 Å². The third kappa shape index (κ3) is 3.38. The molecule has 1 atom stereocenters. The molecule has 0 saturated carbocycles. The molecule has 0 bridgehead atoms. The Bertz CT molecular complexity index is 801. The Labute approximate surface area is 144 Å². The van der Waals surface area contributed by atoms with Crippen LogP contribution in [0.1, 0.15) is 11.1 Å². The topological polar surface area (TPSA) is 67.1 Å². The SMILES string of the molecule is O[C@H](CN1CCc2ccccc2C1)Cn1nnc(-c2ccsc2)n1. The number of hydrogen-bond acceptors (Lipinski definition) is 6. The maximum atomic E-state index is 10.4. The van der Waals surface area contributed by atoms with Gasteiger partial charge in [-0.25, -0.2) is 0 Å². The van der Waals surface area contributed by atoms with Gasteiger partial charge in [-0.3, -0.25) is 4.90 Å². The van der Waals surface area contributed by atoms with Crippen LogP contribution in [0.15, 0.2) is 41.1 Å². The van der Waals surface area contributed by atoms with E-state index in [0.29, 0.717) is 18.9 Å². The molecule has 0 spiro atoms. The molecule has 4 rings (SSSR count). The molecule has 7 heteroatoms. The molecule has 1 N–H and O–H groups in total. The van der Waals surface area contributed by atoms with Crippen molar-refractivity contribution in [2.24, 2.45) is 0 Å². The van der Waals surface area contributed by atoms with E-state index in [9.17, 15) is 5.11 Å². The standard InChI is InChI=1S/C17H19N5OS/c23-16(10-21-7-5-13-3-1-2-4-14(13)9-21)11-22-19-17(18-20-22)15-6-8-24-12-15/h1-4,6,8,12,16,23H,5,7,9-11H2/t16-/m1/s1. The average molecular weight is 341 g/mol. The average Bonchev–Trinajstić information content (AvgIpc) is 3.26. The maximum Gasteiger partial charge on any atom is 0.205 e. The summed E-state index contributed by atoms with van der Waals surface area (Å²) in [5.41, 5.74) is 3.74. The first-order valence-corrected chi connectivity index (χ1v) is 9.00. The highest BCUT2D eigenvalue weighted by Crippen LogP contribution is 2.19. The summed E-state index contributed by atoms with van der Waals surface area (Å²) >= 11 is 1.60. The molecule has 1 aliphatic rings. The number of aliphatic hydroxyl groups excluding tert-OH is 1. The van der Waals surface area contributed by atoms with Crippen LogP contribution in [-0.2, 0) is 19.5 Å². The van der Waals surface area contributed by atoms with E-state index in [1.165, 1.54) is 15.9 Å². The number of fused-ring (bicyclic) bond motifs is 1. The minimum Gasteiger partial charge on any atom is -0.390 e. The lowest BCUT2D eigenvalue weighted by Gasteiger charge is -2.30. The van der Waals surface area contributed by atoms with E-state index in [4.69, 9.17) is 0 Å². The van der Waals surface area contributed by atoms with Crippen molar-refractivity contribution >= 4 is 11.3 Å². The Kier molecular flexibility index (Phi) is 4.38. The number of rotatable bonds is 5. The Morgan fingerprint density at radius 3 is 2.88 bits per heavy atom. The molecule has 0 fully saturated rings. The smallest absolute Gasteiger partial charge is 0.205 e.